The summed E-state index contributed by atoms with van der Waals surface area (Å²) in [5.41, 5.74) is 0. The van der Waals surface area contributed by atoms with Gasteiger partial charge in [0.2, 0.25) is 0 Å². The minimum atomic E-state index is -3.14. The Labute approximate surface area is 95.5 Å². The average Bonchev–Trinajstić information content (AvgIpc) is 2.26. The highest BCUT2D eigenvalue weighted by Gasteiger charge is 2.11. The van der Waals surface area contributed by atoms with E-state index in [1.807, 2.05) is 0 Å². The van der Waals surface area contributed by atoms with Crippen molar-refractivity contribution in [3.8, 4) is 0 Å². The molecule has 1 aromatic rings. The predicted molar refractivity (Wildman–Crippen MR) is 63.0 cm³/mol. The Balaban J connectivity index is 2.65. The van der Waals surface area contributed by atoms with Crippen molar-refractivity contribution < 1.29 is 8.42 Å². The van der Waals surface area contributed by atoms with Crippen LogP contribution in [-0.4, -0.2) is 20.1 Å². The Hall–Kier alpha value is -0.800. The smallest absolute Gasteiger partial charge is 0.178 e. The van der Waals surface area contributed by atoms with Crippen LogP contribution in [0.2, 0.25) is 0 Å². The zero-order valence-corrected chi connectivity index (χ0v) is 9.84. The van der Waals surface area contributed by atoms with Crippen LogP contribution < -0.4 is 0 Å². The summed E-state index contributed by atoms with van der Waals surface area (Å²) in [4.78, 5) is 0.379. The normalized spacial score (nSPS) is 12.1. The number of halogens is 1. The molecule has 4 heteroatoms. The summed E-state index contributed by atoms with van der Waals surface area (Å²) in [6.07, 6.45) is 4.04. The molecule has 0 aliphatic rings. The van der Waals surface area contributed by atoms with Gasteiger partial charge in [-0.25, -0.2) is 8.42 Å². The Kier molecular flexibility index (Phi) is 4.85. The lowest BCUT2D eigenvalue weighted by molar-refractivity contribution is 0.595. The van der Waals surface area contributed by atoms with Gasteiger partial charge in [-0.15, -0.1) is 11.6 Å². The zero-order chi connectivity index (χ0) is 11.1. The van der Waals surface area contributed by atoms with Crippen LogP contribution in [-0.2, 0) is 9.84 Å². The molecule has 0 spiro atoms. The lowest BCUT2D eigenvalue weighted by atomic mass is 10.4. The van der Waals surface area contributed by atoms with Crippen LogP contribution >= 0.6 is 11.6 Å². The second-order valence-corrected chi connectivity index (χ2v) is 5.46. The van der Waals surface area contributed by atoms with Gasteiger partial charge in [-0.1, -0.05) is 30.4 Å². The van der Waals surface area contributed by atoms with E-state index in [9.17, 15) is 8.42 Å². The predicted octanol–water partition coefficient (Wildman–Crippen LogP) is 2.65. The molecule has 0 unspecified atom stereocenters. The molecule has 0 saturated carbocycles. The molecule has 0 heterocycles. The Morgan fingerprint density at radius 1 is 1.13 bits per heavy atom. The fourth-order valence-corrected chi connectivity index (χ4v) is 2.53. The van der Waals surface area contributed by atoms with Crippen molar-refractivity contribution in [2.75, 3.05) is 11.6 Å². The first-order valence-corrected chi connectivity index (χ1v) is 6.84. The minimum absolute atomic E-state index is 0.129. The molecule has 0 aliphatic heterocycles. The lowest BCUT2D eigenvalue weighted by Gasteiger charge is -2.01. The molecule has 15 heavy (non-hydrogen) atoms. The second kappa shape index (κ2) is 5.93. The van der Waals surface area contributed by atoms with Crippen molar-refractivity contribution in [3.05, 3.63) is 42.5 Å². The Morgan fingerprint density at radius 2 is 1.80 bits per heavy atom. The first-order valence-electron chi connectivity index (χ1n) is 4.65. The van der Waals surface area contributed by atoms with Crippen molar-refractivity contribution in [1.29, 1.82) is 0 Å². The highest BCUT2D eigenvalue weighted by Crippen LogP contribution is 2.11. The quantitative estimate of drug-likeness (QED) is 0.590. The highest BCUT2D eigenvalue weighted by atomic mass is 35.5. The number of hydrogen-bond donors (Lipinski definition) is 0. The maximum Gasteiger partial charge on any atom is 0.178 e. The van der Waals surface area contributed by atoms with Gasteiger partial charge >= 0.3 is 0 Å². The van der Waals surface area contributed by atoms with E-state index < -0.39 is 9.84 Å². The van der Waals surface area contributed by atoms with E-state index in [1.54, 1.807) is 42.5 Å². The van der Waals surface area contributed by atoms with Crippen molar-refractivity contribution in [3.63, 3.8) is 0 Å². The number of benzene rings is 1. The molecule has 0 fully saturated rings. The van der Waals surface area contributed by atoms with Crippen LogP contribution in [0.25, 0.3) is 0 Å². The number of sulfone groups is 1. The SMILES string of the molecule is O=S(=O)(CC/C=C/CCl)c1ccccc1. The molecule has 0 saturated heterocycles. The third kappa shape index (κ3) is 4.06. The third-order valence-electron chi connectivity index (χ3n) is 1.91. The maximum absolute atomic E-state index is 11.7. The zero-order valence-electron chi connectivity index (χ0n) is 8.27. The summed E-state index contributed by atoms with van der Waals surface area (Å²) in [7, 11) is -3.14. The lowest BCUT2D eigenvalue weighted by Crippen LogP contribution is -2.05. The Bertz CT molecular complexity index is 409. The molecular weight excluding hydrogens is 232 g/mol. The molecule has 0 atom stereocenters. The first kappa shape index (κ1) is 12.3. The average molecular weight is 245 g/mol. The summed E-state index contributed by atoms with van der Waals surface area (Å²) in [6, 6.07) is 8.47. The van der Waals surface area contributed by atoms with Crippen molar-refractivity contribution in [2.45, 2.75) is 11.3 Å². The van der Waals surface area contributed by atoms with Crippen LogP contribution in [0.1, 0.15) is 6.42 Å². The monoisotopic (exact) mass is 244 g/mol. The summed E-state index contributed by atoms with van der Waals surface area (Å²) >= 11 is 5.43. The van der Waals surface area contributed by atoms with Crippen molar-refractivity contribution in [2.24, 2.45) is 0 Å². The first-order chi connectivity index (χ1) is 7.17. The Morgan fingerprint density at radius 3 is 2.40 bits per heavy atom. The van der Waals surface area contributed by atoms with Crippen LogP contribution in [0, 0.1) is 0 Å². The summed E-state index contributed by atoms with van der Waals surface area (Å²) in [6.45, 7) is 0. The molecule has 0 N–H and O–H groups in total. The van der Waals surface area contributed by atoms with E-state index >= 15 is 0 Å². The molecule has 82 valence electrons. The van der Waals surface area contributed by atoms with E-state index in [0.29, 0.717) is 17.2 Å². The van der Waals surface area contributed by atoms with Gasteiger partial charge in [-0.2, -0.15) is 0 Å². The molecular formula is C11H13ClO2S. The van der Waals surface area contributed by atoms with Gasteiger partial charge < -0.3 is 0 Å². The van der Waals surface area contributed by atoms with Gasteiger partial charge in [0.1, 0.15) is 0 Å². The van der Waals surface area contributed by atoms with Gasteiger partial charge in [-0.3, -0.25) is 0 Å². The summed E-state index contributed by atoms with van der Waals surface area (Å²) in [5, 5.41) is 0. The van der Waals surface area contributed by atoms with Crippen LogP contribution in [0.4, 0.5) is 0 Å². The fraction of sp³-hybridized carbons (Fsp3) is 0.273. The number of alkyl halides is 1. The standard InChI is InChI=1S/C11H13ClO2S/c12-9-5-2-6-10-15(13,14)11-7-3-1-4-8-11/h1-5,7-8H,6,9-10H2/b5-2+. The third-order valence-corrected chi connectivity index (χ3v) is 3.85. The molecule has 0 aliphatic carbocycles. The molecule has 0 bridgehead atoms. The van der Waals surface area contributed by atoms with E-state index in [0.717, 1.165) is 0 Å². The number of hydrogen-bond acceptors (Lipinski definition) is 2. The van der Waals surface area contributed by atoms with Gasteiger partial charge in [0.15, 0.2) is 9.84 Å². The summed E-state index contributed by atoms with van der Waals surface area (Å²) in [5.74, 6) is 0.551. The summed E-state index contributed by atoms with van der Waals surface area (Å²) < 4.78 is 23.5. The van der Waals surface area contributed by atoms with Crippen LogP contribution in [0.5, 0.6) is 0 Å². The van der Waals surface area contributed by atoms with E-state index in [4.69, 9.17) is 11.6 Å². The van der Waals surface area contributed by atoms with Crippen LogP contribution in [0.3, 0.4) is 0 Å². The van der Waals surface area contributed by atoms with E-state index in [2.05, 4.69) is 0 Å². The fourth-order valence-electron chi connectivity index (χ4n) is 1.15. The van der Waals surface area contributed by atoms with Gasteiger partial charge in [-0.05, 0) is 18.6 Å². The molecule has 1 rings (SSSR count). The molecule has 1 aromatic carbocycles. The molecule has 0 amide bonds. The van der Waals surface area contributed by atoms with E-state index in [1.165, 1.54) is 0 Å². The van der Waals surface area contributed by atoms with Gasteiger partial charge in [0.05, 0.1) is 10.6 Å². The van der Waals surface area contributed by atoms with Crippen molar-refractivity contribution in [1.82, 2.24) is 0 Å². The van der Waals surface area contributed by atoms with Crippen molar-refractivity contribution >= 4 is 21.4 Å². The van der Waals surface area contributed by atoms with Crippen LogP contribution in [0.15, 0.2) is 47.4 Å². The van der Waals surface area contributed by atoms with Gasteiger partial charge in [0, 0.05) is 5.88 Å². The number of rotatable bonds is 5. The minimum Gasteiger partial charge on any atom is -0.224 e. The topological polar surface area (TPSA) is 34.1 Å². The maximum atomic E-state index is 11.7. The molecule has 2 nitrogen and oxygen atoms in total. The molecule has 0 radical (unpaired) electrons. The number of allylic oxidation sites excluding steroid dienone is 2. The van der Waals surface area contributed by atoms with E-state index in [-0.39, 0.29) is 5.75 Å². The molecule has 0 aromatic heterocycles. The highest BCUT2D eigenvalue weighted by molar-refractivity contribution is 7.91. The largest absolute Gasteiger partial charge is 0.224 e. The van der Waals surface area contributed by atoms with Gasteiger partial charge in [0.25, 0.3) is 0 Å². The second-order valence-electron chi connectivity index (χ2n) is 3.05.